The molecule has 0 amide bonds. The Labute approximate surface area is 96.5 Å². The van der Waals surface area contributed by atoms with Crippen molar-refractivity contribution in [3.05, 3.63) is 41.2 Å². The molecule has 1 N–H and O–H groups in total. The van der Waals surface area contributed by atoms with Crippen molar-refractivity contribution in [3.8, 4) is 5.69 Å². The summed E-state index contributed by atoms with van der Waals surface area (Å²) in [6, 6.07) is 3.87. The predicted octanol–water partition coefficient (Wildman–Crippen LogP) is 1.72. The number of benzene rings is 1. The minimum Gasteiger partial charge on any atom is -0.478 e. The molecule has 0 aliphatic heterocycles. The maximum atomic E-state index is 13.7. The number of aromatic nitrogens is 3. The van der Waals surface area contributed by atoms with Gasteiger partial charge in [-0.05, 0) is 26.0 Å². The average molecular weight is 235 g/mol. The molecule has 0 fully saturated rings. The molecular formula is C11H10FN3O2. The van der Waals surface area contributed by atoms with Gasteiger partial charge in [0, 0.05) is 0 Å². The molecule has 6 heteroatoms. The molecule has 0 radical (unpaired) electrons. The second kappa shape index (κ2) is 3.97. The molecule has 1 heterocycles. The van der Waals surface area contributed by atoms with Gasteiger partial charge in [0.1, 0.15) is 23.2 Å². The van der Waals surface area contributed by atoms with Gasteiger partial charge >= 0.3 is 5.97 Å². The summed E-state index contributed by atoms with van der Waals surface area (Å²) in [6.45, 7) is 3.29. The Kier molecular flexibility index (Phi) is 2.63. The minimum absolute atomic E-state index is 0.0851. The molecule has 0 atom stereocenters. The van der Waals surface area contributed by atoms with Crippen LogP contribution in [0.4, 0.5) is 4.39 Å². The summed E-state index contributed by atoms with van der Waals surface area (Å²) in [5, 5.41) is 13.0. The van der Waals surface area contributed by atoms with E-state index in [0.717, 1.165) is 0 Å². The lowest BCUT2D eigenvalue weighted by molar-refractivity contribution is 0.0696. The van der Waals surface area contributed by atoms with E-state index in [4.69, 9.17) is 5.11 Å². The Morgan fingerprint density at radius 1 is 1.41 bits per heavy atom. The number of nitrogens with zero attached hydrogens (tertiary/aromatic N) is 3. The molecule has 2 rings (SSSR count). The number of hydrogen-bond donors (Lipinski definition) is 1. The van der Waals surface area contributed by atoms with Gasteiger partial charge in [-0.1, -0.05) is 6.07 Å². The smallest absolute Gasteiger partial charge is 0.338 e. The summed E-state index contributed by atoms with van der Waals surface area (Å²) in [6.07, 6.45) is 0. The summed E-state index contributed by atoms with van der Waals surface area (Å²) < 4.78 is 14.9. The lowest BCUT2D eigenvalue weighted by Crippen LogP contribution is -2.10. The number of aryl methyl sites for hydroxylation is 2. The molecule has 0 bridgehead atoms. The molecule has 0 saturated heterocycles. The fourth-order valence-corrected chi connectivity index (χ4v) is 1.64. The number of hydrogen-bond acceptors (Lipinski definition) is 3. The van der Waals surface area contributed by atoms with Crippen molar-refractivity contribution >= 4 is 5.97 Å². The van der Waals surface area contributed by atoms with Crippen LogP contribution in [0.3, 0.4) is 0 Å². The van der Waals surface area contributed by atoms with Crippen LogP contribution in [0.25, 0.3) is 5.69 Å². The van der Waals surface area contributed by atoms with E-state index in [9.17, 15) is 9.18 Å². The first-order valence-electron chi connectivity index (χ1n) is 4.93. The highest BCUT2D eigenvalue weighted by Gasteiger charge is 2.18. The number of aromatic carboxylic acids is 1. The Morgan fingerprint density at radius 2 is 2.12 bits per heavy atom. The normalized spacial score (nSPS) is 10.5. The third kappa shape index (κ3) is 1.89. The molecule has 2 aromatic rings. The van der Waals surface area contributed by atoms with E-state index in [1.54, 1.807) is 13.8 Å². The number of halogens is 1. The quantitative estimate of drug-likeness (QED) is 0.860. The van der Waals surface area contributed by atoms with E-state index in [-0.39, 0.29) is 11.3 Å². The Balaban J connectivity index is 2.74. The van der Waals surface area contributed by atoms with Crippen molar-refractivity contribution in [1.29, 1.82) is 0 Å². The van der Waals surface area contributed by atoms with Crippen molar-refractivity contribution in [2.75, 3.05) is 0 Å². The number of carboxylic acids is 1. The molecule has 0 unspecified atom stereocenters. The second-order valence-electron chi connectivity index (χ2n) is 3.56. The Hall–Kier alpha value is -2.24. The number of carbonyl (C=O) groups is 1. The van der Waals surface area contributed by atoms with Gasteiger partial charge < -0.3 is 5.11 Å². The highest BCUT2D eigenvalue weighted by atomic mass is 19.1. The van der Waals surface area contributed by atoms with Crippen LogP contribution < -0.4 is 0 Å². The fourth-order valence-electron chi connectivity index (χ4n) is 1.64. The molecule has 17 heavy (non-hydrogen) atoms. The van der Waals surface area contributed by atoms with Gasteiger partial charge in [-0.25, -0.2) is 18.9 Å². The average Bonchev–Trinajstić information content (AvgIpc) is 2.57. The maximum absolute atomic E-state index is 13.7. The van der Waals surface area contributed by atoms with Crippen molar-refractivity contribution in [3.63, 3.8) is 0 Å². The topological polar surface area (TPSA) is 68.0 Å². The van der Waals surface area contributed by atoms with Crippen LogP contribution in [0, 0.1) is 19.7 Å². The van der Waals surface area contributed by atoms with Crippen LogP contribution in [0.1, 0.15) is 22.0 Å². The van der Waals surface area contributed by atoms with E-state index in [1.807, 2.05) is 0 Å². The van der Waals surface area contributed by atoms with Crippen molar-refractivity contribution < 1.29 is 14.3 Å². The minimum atomic E-state index is -1.20. The van der Waals surface area contributed by atoms with E-state index < -0.39 is 11.8 Å². The number of para-hydroxylation sites is 1. The highest BCUT2D eigenvalue weighted by Crippen LogP contribution is 2.19. The lowest BCUT2D eigenvalue weighted by atomic mass is 10.1. The zero-order valence-corrected chi connectivity index (χ0v) is 9.31. The Morgan fingerprint density at radius 3 is 2.65 bits per heavy atom. The zero-order valence-electron chi connectivity index (χ0n) is 9.31. The van der Waals surface area contributed by atoms with Crippen LogP contribution >= 0.6 is 0 Å². The molecule has 0 saturated carbocycles. The van der Waals surface area contributed by atoms with E-state index in [1.165, 1.54) is 22.9 Å². The van der Waals surface area contributed by atoms with Crippen LogP contribution in [-0.2, 0) is 0 Å². The van der Waals surface area contributed by atoms with Crippen molar-refractivity contribution in [1.82, 2.24) is 14.8 Å². The molecule has 0 aliphatic carbocycles. The van der Waals surface area contributed by atoms with Crippen LogP contribution in [0.2, 0.25) is 0 Å². The molecule has 88 valence electrons. The van der Waals surface area contributed by atoms with Gasteiger partial charge in [0.25, 0.3) is 0 Å². The van der Waals surface area contributed by atoms with E-state index >= 15 is 0 Å². The zero-order chi connectivity index (χ0) is 12.6. The first kappa shape index (κ1) is 11.3. The van der Waals surface area contributed by atoms with Gasteiger partial charge in [0.15, 0.2) is 0 Å². The summed E-state index contributed by atoms with van der Waals surface area (Å²) >= 11 is 0. The number of carboxylic acid groups (broad SMARTS) is 1. The van der Waals surface area contributed by atoms with Crippen LogP contribution in [-0.4, -0.2) is 25.8 Å². The Bertz CT molecular complexity index is 592. The maximum Gasteiger partial charge on any atom is 0.338 e. The largest absolute Gasteiger partial charge is 0.478 e. The molecule has 0 spiro atoms. The lowest BCUT2D eigenvalue weighted by Gasteiger charge is -2.08. The second-order valence-corrected chi connectivity index (χ2v) is 3.56. The van der Waals surface area contributed by atoms with Crippen LogP contribution in [0.15, 0.2) is 18.2 Å². The van der Waals surface area contributed by atoms with Gasteiger partial charge in [-0.2, -0.15) is 5.10 Å². The van der Waals surface area contributed by atoms with Gasteiger partial charge in [0.2, 0.25) is 0 Å². The predicted molar refractivity (Wildman–Crippen MR) is 57.8 cm³/mol. The third-order valence-corrected chi connectivity index (χ3v) is 2.30. The summed E-state index contributed by atoms with van der Waals surface area (Å²) in [5.41, 5.74) is -0.226. The summed E-state index contributed by atoms with van der Waals surface area (Å²) in [7, 11) is 0. The van der Waals surface area contributed by atoms with Crippen LogP contribution in [0.5, 0.6) is 0 Å². The van der Waals surface area contributed by atoms with E-state index in [0.29, 0.717) is 11.6 Å². The monoisotopic (exact) mass is 235 g/mol. The summed E-state index contributed by atoms with van der Waals surface area (Å²) in [5.74, 6) is -0.942. The van der Waals surface area contributed by atoms with E-state index in [2.05, 4.69) is 10.1 Å². The molecule has 5 nitrogen and oxygen atoms in total. The molecule has 0 aliphatic rings. The molecular weight excluding hydrogens is 225 g/mol. The third-order valence-electron chi connectivity index (χ3n) is 2.30. The van der Waals surface area contributed by atoms with Gasteiger partial charge in [-0.3, -0.25) is 0 Å². The first-order chi connectivity index (χ1) is 8.00. The molecule has 1 aromatic carbocycles. The fraction of sp³-hybridized carbons (Fsp3) is 0.182. The van der Waals surface area contributed by atoms with Crippen molar-refractivity contribution in [2.24, 2.45) is 0 Å². The first-order valence-corrected chi connectivity index (χ1v) is 4.93. The molecule has 1 aromatic heterocycles. The van der Waals surface area contributed by atoms with Crippen molar-refractivity contribution in [2.45, 2.75) is 13.8 Å². The van der Waals surface area contributed by atoms with Gasteiger partial charge in [0.05, 0.1) is 5.56 Å². The number of rotatable bonds is 2. The summed E-state index contributed by atoms with van der Waals surface area (Å²) in [4.78, 5) is 15.1. The highest BCUT2D eigenvalue weighted by molar-refractivity contribution is 5.92. The SMILES string of the molecule is Cc1nc(C)n(-c2c(F)cccc2C(=O)O)n1. The van der Waals surface area contributed by atoms with Gasteiger partial charge in [-0.15, -0.1) is 0 Å². The standard InChI is InChI=1S/C11H10FN3O2/c1-6-13-7(2)15(14-6)10-8(11(16)17)4-3-5-9(10)12/h3-5H,1-2H3,(H,16,17).